The molecule has 3 nitrogen and oxygen atoms in total. The van der Waals surface area contributed by atoms with Crippen molar-refractivity contribution in [1.29, 1.82) is 0 Å². The molecule has 3 heteroatoms. The number of fused-ring (bicyclic) bond motifs is 3. The molecule has 1 aromatic carbocycles. The molecule has 0 aromatic heterocycles. The van der Waals surface area contributed by atoms with Gasteiger partial charge in [-0.15, -0.1) is 0 Å². The van der Waals surface area contributed by atoms with E-state index in [-0.39, 0.29) is 16.7 Å². The van der Waals surface area contributed by atoms with E-state index in [0.29, 0.717) is 0 Å². The quantitative estimate of drug-likeness (QED) is 0.678. The highest BCUT2D eigenvalue weighted by atomic mass is 16.5. The Labute approximate surface area is 151 Å². The van der Waals surface area contributed by atoms with Crippen LogP contribution in [0, 0.1) is 5.41 Å². The molecule has 136 valence electrons. The number of rotatable bonds is 4. The zero-order chi connectivity index (χ0) is 18.6. The predicted molar refractivity (Wildman–Crippen MR) is 103 cm³/mol. The normalized spacial score (nSPS) is 23.2. The average Bonchev–Trinajstić information content (AvgIpc) is 2.87. The number of benzene rings is 1. The molecule has 0 aliphatic heterocycles. The van der Waals surface area contributed by atoms with Gasteiger partial charge < -0.3 is 14.2 Å². The van der Waals surface area contributed by atoms with Crippen molar-refractivity contribution in [2.75, 3.05) is 21.3 Å². The van der Waals surface area contributed by atoms with Crippen molar-refractivity contribution in [3.63, 3.8) is 0 Å². The third kappa shape index (κ3) is 2.32. The van der Waals surface area contributed by atoms with Gasteiger partial charge in [0.1, 0.15) is 5.75 Å². The SMILES string of the molecule is COc1c2c(c(OC)c(OC)c1C(C)C)[C@@]1(C)C=CCC(C)(C)C1=C2. The molecule has 1 aromatic rings. The van der Waals surface area contributed by atoms with Crippen LogP contribution >= 0.6 is 0 Å². The maximum Gasteiger partial charge on any atom is 0.168 e. The molecular formula is C22H30O3. The first kappa shape index (κ1) is 17.9. The Bertz CT molecular complexity index is 768. The maximum atomic E-state index is 5.91. The second-order valence-corrected chi connectivity index (χ2v) is 8.21. The zero-order valence-corrected chi connectivity index (χ0v) is 16.7. The van der Waals surface area contributed by atoms with Gasteiger partial charge in [-0.2, -0.15) is 0 Å². The van der Waals surface area contributed by atoms with E-state index in [1.54, 1.807) is 21.3 Å². The Kier molecular flexibility index (Phi) is 4.17. The molecule has 0 N–H and O–H groups in total. The summed E-state index contributed by atoms with van der Waals surface area (Å²) in [6, 6.07) is 0. The fourth-order valence-electron chi connectivity index (χ4n) is 4.71. The van der Waals surface area contributed by atoms with Gasteiger partial charge in [0.15, 0.2) is 11.5 Å². The lowest BCUT2D eigenvalue weighted by Gasteiger charge is -2.40. The van der Waals surface area contributed by atoms with Crippen LogP contribution in [0.1, 0.15) is 63.6 Å². The Morgan fingerprint density at radius 2 is 1.52 bits per heavy atom. The Hall–Kier alpha value is -1.90. The predicted octanol–water partition coefficient (Wildman–Crippen LogP) is 5.48. The lowest BCUT2D eigenvalue weighted by atomic mass is 9.63. The van der Waals surface area contributed by atoms with Gasteiger partial charge in [0.25, 0.3) is 0 Å². The van der Waals surface area contributed by atoms with Crippen molar-refractivity contribution in [2.45, 2.75) is 52.4 Å². The van der Waals surface area contributed by atoms with Crippen LogP contribution in [0.25, 0.3) is 6.08 Å². The van der Waals surface area contributed by atoms with Crippen LogP contribution in [0.3, 0.4) is 0 Å². The molecular weight excluding hydrogens is 312 g/mol. The highest BCUT2D eigenvalue weighted by molar-refractivity contribution is 5.83. The molecule has 0 fully saturated rings. The van der Waals surface area contributed by atoms with Gasteiger partial charge in [0.05, 0.1) is 21.3 Å². The molecule has 0 unspecified atom stereocenters. The fraction of sp³-hybridized carbons (Fsp3) is 0.545. The monoisotopic (exact) mass is 342 g/mol. The molecule has 0 spiro atoms. The highest BCUT2D eigenvalue weighted by Gasteiger charge is 2.48. The van der Waals surface area contributed by atoms with Gasteiger partial charge in [-0.3, -0.25) is 0 Å². The van der Waals surface area contributed by atoms with Crippen molar-refractivity contribution in [2.24, 2.45) is 5.41 Å². The first-order valence-corrected chi connectivity index (χ1v) is 8.99. The molecule has 25 heavy (non-hydrogen) atoms. The van der Waals surface area contributed by atoms with E-state index < -0.39 is 0 Å². The highest BCUT2D eigenvalue weighted by Crippen LogP contribution is 2.61. The van der Waals surface area contributed by atoms with E-state index in [1.165, 1.54) is 5.57 Å². The van der Waals surface area contributed by atoms with Crippen LogP contribution in [-0.4, -0.2) is 21.3 Å². The van der Waals surface area contributed by atoms with Crippen LogP contribution < -0.4 is 14.2 Å². The van der Waals surface area contributed by atoms with E-state index in [4.69, 9.17) is 14.2 Å². The number of ether oxygens (including phenoxy) is 3. The molecule has 3 rings (SSSR count). The molecule has 0 radical (unpaired) electrons. The number of hydrogen-bond donors (Lipinski definition) is 0. The van der Waals surface area contributed by atoms with Crippen molar-refractivity contribution in [3.05, 3.63) is 34.4 Å². The van der Waals surface area contributed by atoms with Crippen LogP contribution in [-0.2, 0) is 5.41 Å². The third-order valence-corrected chi connectivity index (χ3v) is 5.80. The molecule has 0 bridgehead atoms. The summed E-state index contributed by atoms with van der Waals surface area (Å²) in [5.41, 5.74) is 4.69. The second kappa shape index (κ2) is 5.82. The molecule has 0 saturated heterocycles. The fourth-order valence-corrected chi connectivity index (χ4v) is 4.71. The Morgan fingerprint density at radius 1 is 0.920 bits per heavy atom. The largest absolute Gasteiger partial charge is 0.496 e. The summed E-state index contributed by atoms with van der Waals surface area (Å²) in [4.78, 5) is 0. The van der Waals surface area contributed by atoms with Gasteiger partial charge in [0, 0.05) is 22.1 Å². The average molecular weight is 342 g/mol. The van der Waals surface area contributed by atoms with Gasteiger partial charge in [-0.25, -0.2) is 0 Å². The number of methoxy groups -OCH3 is 3. The van der Waals surface area contributed by atoms with E-state index in [1.807, 2.05) is 0 Å². The Balaban J connectivity index is 2.46. The summed E-state index contributed by atoms with van der Waals surface area (Å²) < 4.78 is 17.6. The van der Waals surface area contributed by atoms with E-state index >= 15 is 0 Å². The van der Waals surface area contributed by atoms with E-state index in [9.17, 15) is 0 Å². The van der Waals surface area contributed by atoms with Gasteiger partial charge in [-0.1, -0.05) is 39.8 Å². The standard InChI is InChI=1S/C22H30O3/c1-13(2)16-18(23-6)14-12-15-21(3,4)10-9-11-22(15,5)17(14)20(25-8)19(16)24-7/h9,11-13H,10H2,1-8H3/t22-/m0/s1. The van der Waals surface area contributed by atoms with Crippen molar-refractivity contribution in [1.82, 2.24) is 0 Å². The molecule has 2 aliphatic carbocycles. The first-order chi connectivity index (χ1) is 11.7. The van der Waals surface area contributed by atoms with Gasteiger partial charge in [-0.05, 0) is 36.3 Å². The van der Waals surface area contributed by atoms with Crippen LogP contribution in [0.5, 0.6) is 17.2 Å². The minimum Gasteiger partial charge on any atom is -0.496 e. The van der Waals surface area contributed by atoms with Crippen LogP contribution in [0.4, 0.5) is 0 Å². The number of hydrogen-bond acceptors (Lipinski definition) is 3. The summed E-state index contributed by atoms with van der Waals surface area (Å²) >= 11 is 0. The maximum absolute atomic E-state index is 5.91. The topological polar surface area (TPSA) is 27.7 Å². The van der Waals surface area contributed by atoms with Crippen molar-refractivity contribution < 1.29 is 14.2 Å². The first-order valence-electron chi connectivity index (χ1n) is 8.99. The van der Waals surface area contributed by atoms with Crippen LogP contribution in [0.2, 0.25) is 0 Å². The zero-order valence-electron chi connectivity index (χ0n) is 16.7. The molecule has 0 heterocycles. The van der Waals surface area contributed by atoms with Gasteiger partial charge >= 0.3 is 0 Å². The van der Waals surface area contributed by atoms with Gasteiger partial charge in [0.2, 0.25) is 0 Å². The van der Waals surface area contributed by atoms with E-state index in [0.717, 1.165) is 40.4 Å². The smallest absolute Gasteiger partial charge is 0.168 e. The minimum absolute atomic E-state index is 0.101. The van der Waals surface area contributed by atoms with Crippen LogP contribution in [0.15, 0.2) is 17.7 Å². The second-order valence-electron chi connectivity index (χ2n) is 8.21. The lowest BCUT2D eigenvalue weighted by molar-refractivity contribution is 0.330. The third-order valence-electron chi connectivity index (χ3n) is 5.80. The minimum atomic E-state index is -0.196. The Morgan fingerprint density at radius 3 is 2.04 bits per heavy atom. The molecule has 0 saturated carbocycles. The summed E-state index contributed by atoms with van der Waals surface area (Å²) in [6.07, 6.45) is 7.97. The summed E-state index contributed by atoms with van der Waals surface area (Å²) in [7, 11) is 5.19. The van der Waals surface area contributed by atoms with Crippen molar-refractivity contribution >= 4 is 6.08 Å². The van der Waals surface area contributed by atoms with Crippen molar-refractivity contribution in [3.8, 4) is 17.2 Å². The molecule has 1 atom stereocenters. The molecule has 0 amide bonds. The summed E-state index contributed by atoms with van der Waals surface area (Å²) in [5.74, 6) is 2.80. The summed E-state index contributed by atoms with van der Waals surface area (Å²) in [5, 5.41) is 0. The lowest BCUT2D eigenvalue weighted by Crippen LogP contribution is -2.32. The summed E-state index contributed by atoms with van der Waals surface area (Å²) in [6.45, 7) is 11.2. The van der Waals surface area contributed by atoms with E-state index in [2.05, 4.69) is 52.8 Å². The number of allylic oxidation sites excluding steroid dienone is 3. The molecule has 2 aliphatic rings.